The number of aliphatic carboxylic acids is 1. The second kappa shape index (κ2) is 9.37. The molecule has 0 saturated carbocycles. The van der Waals surface area contributed by atoms with E-state index in [0.717, 1.165) is 16.0 Å². The number of nitrogens with zero attached hydrogens (tertiary/aromatic N) is 1. The summed E-state index contributed by atoms with van der Waals surface area (Å²) < 4.78 is 5.28. The third-order valence-electron chi connectivity index (χ3n) is 3.20. The zero-order valence-electron chi connectivity index (χ0n) is 14.0. The van der Waals surface area contributed by atoms with Gasteiger partial charge in [0, 0.05) is 18.0 Å². The molecule has 6 heteroatoms. The number of hydrogen-bond acceptors (Lipinski definition) is 4. The Hall–Kier alpha value is -1.79. The molecular formula is C17H23NO4S. The largest absolute Gasteiger partial charge is 0.474 e. The Bertz CT molecular complexity index is 577. The molecule has 0 aliphatic heterocycles. The Morgan fingerprint density at radius 1 is 1.22 bits per heavy atom. The standard InChI is InChI=1S/C17H23NO4S/c1-5-22-11-10-18(16(19)17(20)21)15(12(2)3)13-6-8-14(23-4)9-7-13/h6-9H,5,10-11H2,1-4H3,(H,20,21). The molecule has 0 heterocycles. The van der Waals surface area contributed by atoms with Crippen molar-refractivity contribution in [1.29, 1.82) is 0 Å². The quantitative estimate of drug-likeness (QED) is 0.470. The van der Waals surface area contributed by atoms with Crippen molar-refractivity contribution in [3.8, 4) is 0 Å². The molecule has 0 spiro atoms. The van der Waals surface area contributed by atoms with E-state index in [2.05, 4.69) is 0 Å². The van der Waals surface area contributed by atoms with Gasteiger partial charge in [0.1, 0.15) is 0 Å². The highest BCUT2D eigenvalue weighted by molar-refractivity contribution is 7.98. The molecule has 0 aromatic heterocycles. The van der Waals surface area contributed by atoms with E-state index in [4.69, 9.17) is 9.84 Å². The zero-order valence-corrected chi connectivity index (χ0v) is 14.8. The van der Waals surface area contributed by atoms with E-state index < -0.39 is 11.9 Å². The van der Waals surface area contributed by atoms with E-state index in [1.54, 1.807) is 11.8 Å². The number of thioether (sulfide) groups is 1. The lowest BCUT2D eigenvalue weighted by atomic mass is 10.1. The van der Waals surface area contributed by atoms with Gasteiger partial charge in [-0.25, -0.2) is 4.79 Å². The summed E-state index contributed by atoms with van der Waals surface area (Å²) in [6, 6.07) is 7.71. The molecule has 0 saturated heterocycles. The number of benzene rings is 1. The number of allylic oxidation sites excluding steroid dienone is 1. The molecule has 5 nitrogen and oxygen atoms in total. The van der Waals surface area contributed by atoms with Gasteiger partial charge in [0.25, 0.3) is 0 Å². The Labute approximate surface area is 141 Å². The van der Waals surface area contributed by atoms with Crippen LogP contribution in [0.5, 0.6) is 0 Å². The van der Waals surface area contributed by atoms with Crippen LogP contribution in [0.25, 0.3) is 5.70 Å². The highest BCUT2D eigenvalue weighted by Crippen LogP contribution is 2.25. The minimum absolute atomic E-state index is 0.198. The van der Waals surface area contributed by atoms with Gasteiger partial charge in [-0.2, -0.15) is 0 Å². The van der Waals surface area contributed by atoms with Gasteiger partial charge in [0.05, 0.1) is 12.3 Å². The third kappa shape index (κ3) is 5.41. The number of hydrogen-bond donors (Lipinski definition) is 1. The van der Waals surface area contributed by atoms with Crippen LogP contribution < -0.4 is 0 Å². The van der Waals surface area contributed by atoms with Crippen molar-refractivity contribution in [2.45, 2.75) is 25.7 Å². The fourth-order valence-electron chi connectivity index (χ4n) is 2.19. The second-order valence-electron chi connectivity index (χ2n) is 5.04. The van der Waals surface area contributed by atoms with Crippen molar-refractivity contribution >= 4 is 29.3 Å². The predicted octanol–water partition coefficient (Wildman–Crippen LogP) is 3.11. The van der Waals surface area contributed by atoms with Crippen LogP contribution in [0, 0.1) is 0 Å². The number of ether oxygens (including phenoxy) is 1. The normalized spacial score (nSPS) is 10.3. The first-order chi connectivity index (χ1) is 10.9. The molecule has 126 valence electrons. The fourth-order valence-corrected chi connectivity index (χ4v) is 2.60. The average molecular weight is 337 g/mol. The smallest absolute Gasteiger partial charge is 0.394 e. The summed E-state index contributed by atoms with van der Waals surface area (Å²) in [5, 5.41) is 9.11. The van der Waals surface area contributed by atoms with Crippen LogP contribution >= 0.6 is 11.8 Å². The summed E-state index contributed by atoms with van der Waals surface area (Å²) in [6.45, 7) is 6.58. The van der Waals surface area contributed by atoms with Gasteiger partial charge < -0.3 is 9.84 Å². The Morgan fingerprint density at radius 2 is 1.83 bits per heavy atom. The van der Waals surface area contributed by atoms with Crippen molar-refractivity contribution in [2.24, 2.45) is 0 Å². The van der Waals surface area contributed by atoms with Crippen LogP contribution in [0.15, 0.2) is 34.7 Å². The van der Waals surface area contributed by atoms with E-state index in [-0.39, 0.29) is 13.2 Å². The monoisotopic (exact) mass is 337 g/mol. The summed E-state index contributed by atoms with van der Waals surface area (Å²) in [5.41, 5.74) is 2.30. The van der Waals surface area contributed by atoms with Crippen molar-refractivity contribution in [3.63, 3.8) is 0 Å². The van der Waals surface area contributed by atoms with Crippen molar-refractivity contribution < 1.29 is 19.4 Å². The van der Waals surface area contributed by atoms with Gasteiger partial charge >= 0.3 is 11.9 Å². The lowest BCUT2D eigenvalue weighted by Crippen LogP contribution is -2.38. The lowest BCUT2D eigenvalue weighted by molar-refractivity contribution is -0.154. The summed E-state index contributed by atoms with van der Waals surface area (Å²) in [7, 11) is 0. The highest BCUT2D eigenvalue weighted by Gasteiger charge is 2.25. The Balaban J connectivity index is 3.21. The molecule has 0 aliphatic carbocycles. The summed E-state index contributed by atoms with van der Waals surface area (Å²) in [6.07, 6.45) is 1.99. The van der Waals surface area contributed by atoms with Gasteiger partial charge in [-0.15, -0.1) is 11.8 Å². The van der Waals surface area contributed by atoms with Crippen LogP contribution in [-0.2, 0) is 14.3 Å². The van der Waals surface area contributed by atoms with E-state index >= 15 is 0 Å². The predicted molar refractivity (Wildman–Crippen MR) is 92.3 cm³/mol. The van der Waals surface area contributed by atoms with Crippen molar-refractivity contribution in [1.82, 2.24) is 4.90 Å². The SMILES string of the molecule is CCOCCN(C(=O)C(=O)O)C(=C(C)C)c1ccc(SC)cc1. The average Bonchev–Trinajstić information content (AvgIpc) is 2.53. The maximum atomic E-state index is 12.1. The lowest BCUT2D eigenvalue weighted by Gasteiger charge is -2.25. The molecule has 23 heavy (non-hydrogen) atoms. The zero-order chi connectivity index (χ0) is 17.4. The summed E-state index contributed by atoms with van der Waals surface area (Å²) in [5.74, 6) is -2.42. The number of carboxylic acids is 1. The minimum atomic E-state index is -1.47. The summed E-state index contributed by atoms with van der Waals surface area (Å²) in [4.78, 5) is 25.7. The van der Waals surface area contributed by atoms with E-state index in [1.165, 1.54) is 4.90 Å². The minimum Gasteiger partial charge on any atom is -0.474 e. The third-order valence-corrected chi connectivity index (χ3v) is 3.94. The molecule has 1 aromatic rings. The van der Waals surface area contributed by atoms with Crippen LogP contribution in [-0.4, -0.2) is 47.9 Å². The van der Waals surface area contributed by atoms with Crippen LogP contribution in [0.3, 0.4) is 0 Å². The highest BCUT2D eigenvalue weighted by atomic mass is 32.2. The van der Waals surface area contributed by atoms with Crippen LogP contribution in [0.1, 0.15) is 26.3 Å². The van der Waals surface area contributed by atoms with Crippen molar-refractivity contribution in [2.75, 3.05) is 26.0 Å². The van der Waals surface area contributed by atoms with E-state index in [0.29, 0.717) is 12.3 Å². The van der Waals surface area contributed by atoms with Crippen LogP contribution in [0.4, 0.5) is 0 Å². The molecule has 0 atom stereocenters. The first-order valence-corrected chi connectivity index (χ1v) is 8.59. The first kappa shape index (κ1) is 19.3. The molecule has 1 aromatic carbocycles. The molecule has 0 radical (unpaired) electrons. The molecular weight excluding hydrogens is 314 g/mol. The molecule has 1 rings (SSSR count). The van der Waals surface area contributed by atoms with Crippen LogP contribution in [0.2, 0.25) is 0 Å². The topological polar surface area (TPSA) is 66.8 Å². The Morgan fingerprint density at radius 3 is 2.26 bits per heavy atom. The second-order valence-corrected chi connectivity index (χ2v) is 5.92. The molecule has 1 amide bonds. The summed E-state index contributed by atoms with van der Waals surface area (Å²) >= 11 is 1.62. The molecule has 1 N–H and O–H groups in total. The molecule has 0 aliphatic rings. The Kier molecular flexibility index (Phi) is 7.85. The molecule has 0 unspecified atom stereocenters. The number of carbonyl (C=O) groups is 2. The number of carboxylic acid groups (broad SMARTS) is 1. The number of amides is 1. The number of carbonyl (C=O) groups excluding carboxylic acids is 1. The van der Waals surface area contributed by atoms with Gasteiger partial charge in [-0.1, -0.05) is 17.7 Å². The van der Waals surface area contributed by atoms with Gasteiger partial charge in [0.15, 0.2) is 0 Å². The fraction of sp³-hybridized carbons (Fsp3) is 0.412. The first-order valence-electron chi connectivity index (χ1n) is 7.36. The van der Waals surface area contributed by atoms with Gasteiger partial charge in [-0.05, 0) is 44.7 Å². The maximum absolute atomic E-state index is 12.1. The van der Waals surface area contributed by atoms with E-state index in [1.807, 2.05) is 51.3 Å². The van der Waals surface area contributed by atoms with Crippen molar-refractivity contribution in [3.05, 3.63) is 35.4 Å². The number of rotatable bonds is 7. The van der Waals surface area contributed by atoms with Gasteiger partial charge in [0.2, 0.25) is 0 Å². The van der Waals surface area contributed by atoms with E-state index in [9.17, 15) is 9.59 Å². The molecule has 0 fully saturated rings. The molecule has 0 bridgehead atoms. The maximum Gasteiger partial charge on any atom is 0.394 e. The van der Waals surface area contributed by atoms with Gasteiger partial charge in [-0.3, -0.25) is 9.69 Å².